The van der Waals surface area contributed by atoms with Crippen molar-refractivity contribution in [2.24, 2.45) is 0 Å². The first-order chi connectivity index (χ1) is 19.0. The topological polar surface area (TPSA) is 128 Å². The number of rotatable bonds is 22. The second kappa shape index (κ2) is 20.3. The minimum atomic E-state index is -3.77. The lowest BCUT2D eigenvalue weighted by Gasteiger charge is -2.09. The molecule has 0 aliphatic heterocycles. The van der Waals surface area contributed by atoms with E-state index in [-0.39, 0.29) is 24.7 Å². The lowest BCUT2D eigenvalue weighted by molar-refractivity contribution is -0.0123. The van der Waals surface area contributed by atoms with Gasteiger partial charge in [0, 0.05) is 6.54 Å². The monoisotopic (exact) mass is 569 g/mol. The van der Waals surface area contributed by atoms with Gasteiger partial charge in [-0.05, 0) is 24.6 Å². The molecule has 12 heteroatoms. The van der Waals surface area contributed by atoms with Crippen LogP contribution in [-0.2, 0) is 49.3 Å². The highest BCUT2D eigenvalue weighted by Gasteiger charge is 2.14. The fourth-order valence-corrected chi connectivity index (χ4v) is 3.85. The Labute approximate surface area is 230 Å². The Kier molecular flexibility index (Phi) is 17.0. The highest BCUT2D eigenvalue weighted by Crippen LogP contribution is 2.12. The Bertz CT molecular complexity index is 1000. The summed E-state index contributed by atoms with van der Waals surface area (Å²) in [6.07, 6.45) is -0.482. The van der Waals surface area contributed by atoms with E-state index < -0.39 is 16.2 Å². The van der Waals surface area contributed by atoms with Gasteiger partial charge >= 0.3 is 6.09 Å². The molecule has 2 aromatic carbocycles. The van der Waals surface area contributed by atoms with Gasteiger partial charge in [0.15, 0.2) is 0 Å². The van der Waals surface area contributed by atoms with Crippen LogP contribution in [0.15, 0.2) is 59.5 Å². The SMILES string of the molecule is Cc1ccc(S(=O)(=O)OCCOCCOCCOCCOCCOCCNC(=O)OCc2ccccc2)cc1. The van der Waals surface area contributed by atoms with Gasteiger partial charge < -0.3 is 33.7 Å². The van der Waals surface area contributed by atoms with Crippen molar-refractivity contribution in [1.29, 1.82) is 0 Å². The van der Waals surface area contributed by atoms with Crippen molar-refractivity contribution >= 4 is 16.2 Å². The lowest BCUT2D eigenvalue weighted by atomic mass is 10.2. The highest BCUT2D eigenvalue weighted by atomic mass is 32.2. The molecule has 0 unspecified atom stereocenters. The summed E-state index contributed by atoms with van der Waals surface area (Å²) in [6, 6.07) is 15.9. The van der Waals surface area contributed by atoms with Crippen molar-refractivity contribution in [1.82, 2.24) is 5.32 Å². The van der Waals surface area contributed by atoms with E-state index in [1.54, 1.807) is 12.1 Å². The number of hydrogen-bond donors (Lipinski definition) is 1. The molecule has 1 N–H and O–H groups in total. The largest absolute Gasteiger partial charge is 0.445 e. The first kappa shape index (κ1) is 32.6. The number of ether oxygens (including phenoxy) is 6. The normalized spacial score (nSPS) is 11.4. The molecule has 2 rings (SSSR count). The highest BCUT2D eigenvalue weighted by molar-refractivity contribution is 7.86. The molecule has 0 aromatic heterocycles. The van der Waals surface area contributed by atoms with Crippen LogP contribution in [0, 0.1) is 6.92 Å². The van der Waals surface area contributed by atoms with Crippen molar-refractivity contribution in [3.05, 3.63) is 65.7 Å². The predicted octanol–water partition coefficient (Wildman–Crippen LogP) is 2.71. The summed E-state index contributed by atoms with van der Waals surface area (Å²) in [6.45, 7) is 6.11. The quantitative estimate of drug-likeness (QED) is 0.167. The molecule has 0 heterocycles. The van der Waals surface area contributed by atoms with Gasteiger partial charge in [0.05, 0.1) is 77.6 Å². The van der Waals surface area contributed by atoms with E-state index in [0.717, 1.165) is 11.1 Å². The molecule has 0 atom stereocenters. The van der Waals surface area contributed by atoms with E-state index in [9.17, 15) is 13.2 Å². The van der Waals surface area contributed by atoms with E-state index in [2.05, 4.69) is 5.32 Å². The Morgan fingerprint density at radius 2 is 1.15 bits per heavy atom. The average molecular weight is 570 g/mol. The summed E-state index contributed by atoms with van der Waals surface area (Å²) in [5.74, 6) is 0. The van der Waals surface area contributed by atoms with Gasteiger partial charge in [-0.2, -0.15) is 8.42 Å². The Morgan fingerprint density at radius 3 is 1.69 bits per heavy atom. The van der Waals surface area contributed by atoms with Crippen molar-refractivity contribution in [2.75, 3.05) is 79.2 Å². The van der Waals surface area contributed by atoms with Crippen LogP contribution in [0.2, 0.25) is 0 Å². The Balaban J connectivity index is 1.27. The number of benzene rings is 2. The predicted molar refractivity (Wildman–Crippen MR) is 143 cm³/mol. The minimum Gasteiger partial charge on any atom is -0.445 e. The molecule has 0 aliphatic rings. The van der Waals surface area contributed by atoms with Gasteiger partial charge in [0.1, 0.15) is 6.61 Å². The van der Waals surface area contributed by atoms with Gasteiger partial charge in [-0.1, -0.05) is 48.0 Å². The number of aryl methyl sites for hydroxylation is 1. The van der Waals surface area contributed by atoms with Crippen LogP contribution in [-0.4, -0.2) is 93.7 Å². The van der Waals surface area contributed by atoms with Crippen molar-refractivity contribution in [2.45, 2.75) is 18.4 Å². The fraction of sp³-hybridized carbons (Fsp3) is 0.519. The number of nitrogens with one attached hydrogen (secondary N) is 1. The van der Waals surface area contributed by atoms with E-state index in [1.165, 1.54) is 12.1 Å². The van der Waals surface area contributed by atoms with Crippen LogP contribution in [0.5, 0.6) is 0 Å². The summed E-state index contributed by atoms with van der Waals surface area (Å²) in [7, 11) is -3.77. The zero-order valence-corrected chi connectivity index (χ0v) is 23.2. The van der Waals surface area contributed by atoms with Gasteiger partial charge in [-0.3, -0.25) is 4.18 Å². The first-order valence-electron chi connectivity index (χ1n) is 12.8. The maximum Gasteiger partial charge on any atom is 0.407 e. The molecule has 0 aliphatic carbocycles. The molecule has 0 saturated heterocycles. The Morgan fingerprint density at radius 1 is 0.667 bits per heavy atom. The molecule has 0 spiro atoms. The molecule has 0 radical (unpaired) electrons. The molecule has 0 saturated carbocycles. The van der Waals surface area contributed by atoms with Gasteiger partial charge in [0.25, 0.3) is 10.1 Å². The van der Waals surface area contributed by atoms with Crippen LogP contribution in [0.1, 0.15) is 11.1 Å². The third-order valence-corrected chi connectivity index (χ3v) is 6.32. The van der Waals surface area contributed by atoms with E-state index >= 15 is 0 Å². The summed E-state index contributed by atoms with van der Waals surface area (Å²) in [4.78, 5) is 11.7. The molecular weight excluding hydrogens is 530 g/mol. The smallest absolute Gasteiger partial charge is 0.407 e. The summed E-state index contributed by atoms with van der Waals surface area (Å²) < 4.78 is 61.1. The van der Waals surface area contributed by atoms with Crippen molar-refractivity contribution < 1.29 is 45.8 Å². The number of hydrogen-bond acceptors (Lipinski definition) is 10. The average Bonchev–Trinajstić information content (AvgIpc) is 2.94. The van der Waals surface area contributed by atoms with E-state index in [0.29, 0.717) is 66.0 Å². The van der Waals surface area contributed by atoms with Crippen LogP contribution in [0.25, 0.3) is 0 Å². The van der Waals surface area contributed by atoms with Gasteiger partial charge in [-0.15, -0.1) is 0 Å². The van der Waals surface area contributed by atoms with Crippen LogP contribution in [0.3, 0.4) is 0 Å². The molecule has 218 valence electrons. The molecule has 0 fully saturated rings. The van der Waals surface area contributed by atoms with E-state index in [1.807, 2.05) is 37.3 Å². The third kappa shape index (κ3) is 16.2. The number of carbonyl (C=O) groups excluding carboxylic acids is 1. The minimum absolute atomic E-state index is 0.0644. The summed E-state index contributed by atoms with van der Waals surface area (Å²) in [5.41, 5.74) is 1.90. The second-order valence-corrected chi connectivity index (χ2v) is 9.75. The zero-order chi connectivity index (χ0) is 28.0. The molecule has 0 bridgehead atoms. The maximum atomic E-state index is 12.0. The summed E-state index contributed by atoms with van der Waals surface area (Å²) in [5, 5.41) is 2.62. The number of amides is 1. The zero-order valence-electron chi connectivity index (χ0n) is 22.4. The lowest BCUT2D eigenvalue weighted by Crippen LogP contribution is -2.28. The first-order valence-corrected chi connectivity index (χ1v) is 14.2. The third-order valence-electron chi connectivity index (χ3n) is 4.99. The molecule has 39 heavy (non-hydrogen) atoms. The molecule has 2 aromatic rings. The van der Waals surface area contributed by atoms with Crippen LogP contribution >= 0.6 is 0 Å². The second-order valence-electron chi connectivity index (χ2n) is 8.14. The standard InChI is InChI=1S/C27H39NO10S/c1-24-7-9-26(10-8-24)39(30,31)38-22-21-36-20-19-35-18-17-34-16-15-33-14-13-32-12-11-28-27(29)37-23-25-5-3-2-4-6-25/h2-10H,11-23H2,1H3,(H,28,29). The Hall–Kier alpha value is -2.58. The molecular formula is C27H39NO10S. The van der Waals surface area contributed by atoms with E-state index in [4.69, 9.17) is 32.6 Å². The number of carbonyl (C=O) groups is 1. The van der Waals surface area contributed by atoms with Gasteiger partial charge in [0.2, 0.25) is 0 Å². The molecule has 11 nitrogen and oxygen atoms in total. The van der Waals surface area contributed by atoms with Gasteiger partial charge in [-0.25, -0.2) is 4.79 Å². The maximum absolute atomic E-state index is 12.0. The van der Waals surface area contributed by atoms with Crippen molar-refractivity contribution in [3.63, 3.8) is 0 Å². The fourth-order valence-electron chi connectivity index (χ4n) is 2.96. The number of alkyl carbamates (subject to hydrolysis) is 1. The van der Waals surface area contributed by atoms with Crippen LogP contribution in [0.4, 0.5) is 4.79 Å². The van der Waals surface area contributed by atoms with Crippen molar-refractivity contribution in [3.8, 4) is 0 Å². The molecule has 1 amide bonds. The van der Waals surface area contributed by atoms with Crippen LogP contribution < -0.4 is 5.32 Å². The summed E-state index contributed by atoms with van der Waals surface area (Å²) >= 11 is 0.